The third-order valence-corrected chi connectivity index (χ3v) is 7.98. The number of rotatable bonds is 8. The normalized spacial score (nSPS) is 23.0. The Balaban J connectivity index is 1.21. The first kappa shape index (κ1) is 22.8. The lowest BCUT2D eigenvalue weighted by atomic mass is 9.98. The third kappa shape index (κ3) is 4.15. The summed E-state index contributed by atoms with van der Waals surface area (Å²) in [5.41, 5.74) is 4.59. The van der Waals surface area contributed by atoms with Gasteiger partial charge in [-0.2, -0.15) is 11.8 Å². The van der Waals surface area contributed by atoms with Crippen LogP contribution in [0.25, 0.3) is 11.1 Å². The monoisotopic (exact) mass is 480 g/mol. The Morgan fingerprint density at radius 1 is 1.06 bits per heavy atom. The smallest absolute Gasteiger partial charge is 0.407 e. The van der Waals surface area contributed by atoms with Gasteiger partial charge in [0.1, 0.15) is 12.6 Å². The van der Waals surface area contributed by atoms with Crippen LogP contribution in [0.2, 0.25) is 0 Å². The molecule has 7 nitrogen and oxygen atoms in total. The average Bonchev–Trinajstić information content (AvgIpc) is 3.20. The molecule has 0 radical (unpaired) electrons. The first-order valence-electron chi connectivity index (χ1n) is 11.6. The number of ether oxygens (including phenoxy) is 1. The lowest BCUT2D eigenvalue weighted by Gasteiger charge is -2.26. The predicted molar refractivity (Wildman–Crippen MR) is 130 cm³/mol. The van der Waals surface area contributed by atoms with Gasteiger partial charge in [-0.15, -0.1) is 0 Å². The maximum Gasteiger partial charge on any atom is 0.407 e. The number of benzene rings is 2. The molecule has 2 fully saturated rings. The number of hydrogen-bond acceptors (Lipinski definition) is 5. The number of hydrogen-bond donors (Lipinski definition) is 2. The minimum atomic E-state index is -0.780. The third-order valence-electron chi connectivity index (χ3n) is 7.34. The van der Waals surface area contributed by atoms with Crippen LogP contribution in [0.1, 0.15) is 23.5 Å². The molecule has 1 saturated heterocycles. The number of nitrogens with one attached hydrogen (secondary N) is 1. The van der Waals surface area contributed by atoms with Crippen molar-refractivity contribution in [2.45, 2.75) is 18.4 Å². The Hall–Kier alpha value is -3.00. The molecule has 2 aromatic carbocycles. The molecule has 0 spiro atoms. The molecule has 8 heteroatoms. The Morgan fingerprint density at radius 2 is 1.65 bits per heavy atom. The van der Waals surface area contributed by atoms with Gasteiger partial charge in [0.05, 0.1) is 5.92 Å². The number of nitrogens with zero attached hydrogens (tertiary/aromatic N) is 1. The van der Waals surface area contributed by atoms with Crippen LogP contribution in [0.4, 0.5) is 4.79 Å². The summed E-state index contributed by atoms with van der Waals surface area (Å²) in [6.45, 7) is 1.09. The Bertz CT molecular complexity index is 1060. The van der Waals surface area contributed by atoms with Crippen molar-refractivity contribution < 1.29 is 24.2 Å². The van der Waals surface area contributed by atoms with E-state index in [9.17, 15) is 19.5 Å². The summed E-state index contributed by atoms with van der Waals surface area (Å²) >= 11 is 1.61. The minimum Gasteiger partial charge on any atom is -0.481 e. The standard InChI is InChI=1S/C26H28N2O5S/c1-34-11-10-22(24(29)28-12-19-20(13-28)23(19)25(30)31)27-26(32)33-14-21-17-8-4-2-6-15(17)16-7-3-5-9-18(16)21/h2-9,19-23H,10-14H2,1H3,(H,27,32)(H,30,31)/t19?,20?,22-,23?/m0/s1. The lowest BCUT2D eigenvalue weighted by Crippen LogP contribution is -2.49. The highest BCUT2D eigenvalue weighted by Crippen LogP contribution is 2.52. The molecular weight excluding hydrogens is 452 g/mol. The summed E-state index contributed by atoms with van der Waals surface area (Å²) in [5.74, 6) is -0.509. The van der Waals surface area contributed by atoms with Crippen molar-refractivity contribution in [3.8, 4) is 11.1 Å². The van der Waals surface area contributed by atoms with E-state index in [2.05, 4.69) is 29.6 Å². The predicted octanol–water partition coefficient (Wildman–Crippen LogP) is 3.44. The van der Waals surface area contributed by atoms with Gasteiger partial charge >= 0.3 is 12.1 Å². The molecule has 2 unspecified atom stereocenters. The molecule has 2 amide bonds. The van der Waals surface area contributed by atoms with E-state index in [1.165, 1.54) is 0 Å². The number of amides is 2. The summed E-state index contributed by atoms with van der Waals surface area (Å²) in [7, 11) is 0. The van der Waals surface area contributed by atoms with E-state index in [0.29, 0.717) is 19.5 Å². The Kier molecular flexibility index (Phi) is 6.25. The number of carbonyl (C=O) groups is 3. The molecule has 1 aliphatic heterocycles. The molecule has 0 aromatic heterocycles. The van der Waals surface area contributed by atoms with Gasteiger partial charge in [0.15, 0.2) is 0 Å². The number of aliphatic carboxylic acids is 1. The number of likely N-dealkylation sites (tertiary alicyclic amines) is 1. The highest BCUT2D eigenvalue weighted by atomic mass is 32.2. The van der Waals surface area contributed by atoms with Crippen molar-refractivity contribution in [3.63, 3.8) is 0 Å². The van der Waals surface area contributed by atoms with Crippen LogP contribution >= 0.6 is 11.8 Å². The van der Waals surface area contributed by atoms with E-state index in [1.54, 1.807) is 16.7 Å². The van der Waals surface area contributed by atoms with Crippen molar-refractivity contribution in [2.24, 2.45) is 17.8 Å². The molecule has 1 saturated carbocycles. The zero-order valence-corrected chi connectivity index (χ0v) is 19.8. The summed E-state index contributed by atoms with van der Waals surface area (Å²) < 4.78 is 5.64. The molecule has 34 heavy (non-hydrogen) atoms. The zero-order chi connectivity index (χ0) is 23.8. The fourth-order valence-corrected chi connectivity index (χ4v) is 6.04. The van der Waals surface area contributed by atoms with Crippen molar-refractivity contribution in [1.82, 2.24) is 10.2 Å². The van der Waals surface area contributed by atoms with Crippen molar-refractivity contribution in [3.05, 3.63) is 59.7 Å². The first-order chi connectivity index (χ1) is 16.5. The summed E-state index contributed by atoms with van der Waals surface area (Å²) in [5, 5.41) is 12.0. The van der Waals surface area contributed by atoms with Gasteiger partial charge in [-0.05, 0) is 52.5 Å². The fourth-order valence-electron chi connectivity index (χ4n) is 5.57. The van der Waals surface area contributed by atoms with Gasteiger partial charge in [-0.25, -0.2) is 4.79 Å². The van der Waals surface area contributed by atoms with Gasteiger partial charge in [-0.1, -0.05) is 48.5 Å². The molecule has 3 aliphatic rings. The van der Waals surface area contributed by atoms with E-state index in [-0.39, 0.29) is 36.2 Å². The zero-order valence-electron chi connectivity index (χ0n) is 19.0. The summed E-state index contributed by atoms with van der Waals surface area (Å²) in [4.78, 5) is 38.8. The number of fused-ring (bicyclic) bond motifs is 4. The second kappa shape index (κ2) is 9.33. The first-order valence-corrected chi connectivity index (χ1v) is 13.0. The van der Waals surface area contributed by atoms with E-state index < -0.39 is 18.1 Å². The molecule has 3 atom stereocenters. The second-order valence-electron chi connectivity index (χ2n) is 9.24. The molecular formula is C26H28N2O5S. The van der Waals surface area contributed by atoms with E-state index >= 15 is 0 Å². The van der Waals surface area contributed by atoms with Gasteiger partial charge in [0.2, 0.25) is 5.91 Å². The molecule has 2 N–H and O–H groups in total. The largest absolute Gasteiger partial charge is 0.481 e. The highest BCUT2D eigenvalue weighted by Gasteiger charge is 2.60. The Morgan fingerprint density at radius 3 is 2.21 bits per heavy atom. The van der Waals surface area contributed by atoms with Crippen LogP contribution in [-0.2, 0) is 14.3 Å². The molecule has 5 rings (SSSR count). The summed E-state index contributed by atoms with van der Waals surface area (Å²) in [6, 6.07) is 15.6. The fraction of sp³-hybridized carbons (Fsp3) is 0.423. The van der Waals surface area contributed by atoms with Crippen molar-refractivity contribution in [2.75, 3.05) is 31.7 Å². The number of carboxylic acids is 1. The van der Waals surface area contributed by atoms with Gasteiger partial charge in [0.25, 0.3) is 0 Å². The molecule has 0 bridgehead atoms. The molecule has 1 heterocycles. The highest BCUT2D eigenvalue weighted by molar-refractivity contribution is 7.98. The lowest BCUT2D eigenvalue weighted by molar-refractivity contribution is -0.141. The van der Waals surface area contributed by atoms with Crippen LogP contribution in [0, 0.1) is 17.8 Å². The van der Waals surface area contributed by atoms with E-state index in [1.807, 2.05) is 30.5 Å². The van der Waals surface area contributed by atoms with Crippen molar-refractivity contribution in [1.29, 1.82) is 0 Å². The van der Waals surface area contributed by atoms with Crippen LogP contribution in [0.15, 0.2) is 48.5 Å². The second-order valence-corrected chi connectivity index (χ2v) is 10.2. The van der Waals surface area contributed by atoms with E-state index in [0.717, 1.165) is 28.0 Å². The number of thioether (sulfide) groups is 1. The van der Waals surface area contributed by atoms with Crippen LogP contribution in [-0.4, -0.2) is 65.7 Å². The van der Waals surface area contributed by atoms with Crippen molar-refractivity contribution >= 4 is 29.7 Å². The van der Waals surface area contributed by atoms with E-state index in [4.69, 9.17) is 4.74 Å². The Labute approximate surface area is 202 Å². The maximum absolute atomic E-state index is 13.1. The van der Waals surface area contributed by atoms with Gasteiger partial charge in [0, 0.05) is 19.0 Å². The summed E-state index contributed by atoms with van der Waals surface area (Å²) in [6.07, 6.45) is 1.85. The molecule has 178 valence electrons. The quantitative estimate of drug-likeness (QED) is 0.601. The van der Waals surface area contributed by atoms with Gasteiger partial charge in [-0.3, -0.25) is 9.59 Å². The van der Waals surface area contributed by atoms with Crippen LogP contribution in [0.3, 0.4) is 0 Å². The number of piperidine rings is 1. The van der Waals surface area contributed by atoms with Gasteiger partial charge < -0.3 is 20.1 Å². The topological polar surface area (TPSA) is 95.9 Å². The SMILES string of the molecule is CSCC[C@H](NC(=O)OCC1c2ccccc2-c2ccccc21)C(=O)N1CC2C(C1)C2C(=O)O. The molecule has 2 aromatic rings. The maximum atomic E-state index is 13.1. The molecule has 2 aliphatic carbocycles. The number of alkyl carbamates (subject to hydrolysis) is 1. The van der Waals surface area contributed by atoms with Crippen LogP contribution < -0.4 is 5.32 Å². The number of carbonyl (C=O) groups excluding carboxylic acids is 2. The minimum absolute atomic E-state index is 0.0390. The van der Waals surface area contributed by atoms with Crippen LogP contribution in [0.5, 0.6) is 0 Å². The number of carboxylic acid groups (broad SMARTS) is 1. The average molecular weight is 481 g/mol.